The second-order valence-corrected chi connectivity index (χ2v) is 3.24. The molecule has 0 radical (unpaired) electrons. The van der Waals surface area contributed by atoms with Crippen LogP contribution in [-0.4, -0.2) is 5.11 Å². The van der Waals surface area contributed by atoms with Crippen molar-refractivity contribution in [3.05, 3.63) is 35.6 Å². The van der Waals surface area contributed by atoms with Gasteiger partial charge in [-0.25, -0.2) is 0 Å². The molecule has 1 N–H and O–H groups in total. The Morgan fingerprint density at radius 3 is 2.17 bits per heavy atom. The molecule has 0 spiro atoms. The maximum absolute atomic E-state index is 9.62. The van der Waals surface area contributed by atoms with E-state index >= 15 is 0 Å². The molecule has 1 nitrogen and oxygen atoms in total. The van der Waals surface area contributed by atoms with Crippen LogP contribution >= 0.6 is 0 Å². The van der Waals surface area contributed by atoms with E-state index in [-0.39, 0.29) is 0 Å². The zero-order valence-electron chi connectivity index (χ0n) is 8.39. The van der Waals surface area contributed by atoms with Crippen LogP contribution in [0.3, 0.4) is 0 Å². The van der Waals surface area contributed by atoms with Crippen molar-refractivity contribution >= 4 is 0 Å². The largest absolute Gasteiger partial charge is 0.507 e. The smallest absolute Gasteiger partial charge is 0.121 e. The van der Waals surface area contributed by atoms with Crippen molar-refractivity contribution in [1.29, 1.82) is 0 Å². The molecule has 0 fully saturated rings. The Morgan fingerprint density at radius 1 is 1.42 bits per heavy atom. The molecule has 0 bridgehead atoms. The first-order valence-electron chi connectivity index (χ1n) is 4.22. The van der Waals surface area contributed by atoms with Crippen LogP contribution in [-0.2, 0) is 0 Å². The number of aliphatic hydroxyl groups is 1. The first-order chi connectivity index (χ1) is 5.50. The van der Waals surface area contributed by atoms with Crippen LogP contribution in [0.2, 0.25) is 0 Å². The highest BCUT2D eigenvalue weighted by Gasteiger charge is 2.06. The van der Waals surface area contributed by atoms with E-state index in [1.165, 1.54) is 0 Å². The summed E-state index contributed by atoms with van der Waals surface area (Å²) in [5, 5.41) is 9.62. The van der Waals surface area contributed by atoms with Gasteiger partial charge in [0.25, 0.3) is 0 Å². The summed E-state index contributed by atoms with van der Waals surface area (Å²) in [5.41, 5.74) is 1.67. The zero-order valence-corrected chi connectivity index (χ0v) is 8.39. The summed E-state index contributed by atoms with van der Waals surface area (Å²) in [6.07, 6.45) is 3.85. The van der Waals surface area contributed by atoms with Crippen LogP contribution in [0.5, 0.6) is 0 Å². The molecule has 0 aromatic carbocycles. The fourth-order valence-corrected chi connectivity index (χ4v) is 0.971. The van der Waals surface area contributed by atoms with Crippen LogP contribution in [0, 0.1) is 5.92 Å². The molecule has 0 unspecified atom stereocenters. The standard InChI is InChI=1S/C11H18O/c1-6-7-10(8(2)3)11(12)9(4)5/h6-8,12H,4H2,1-3,5H3/b7-6+,11-10-. The summed E-state index contributed by atoms with van der Waals surface area (Å²) in [4.78, 5) is 0. The highest BCUT2D eigenvalue weighted by Crippen LogP contribution is 2.18. The van der Waals surface area contributed by atoms with Crippen LogP contribution < -0.4 is 0 Å². The maximum atomic E-state index is 9.62. The summed E-state index contributed by atoms with van der Waals surface area (Å²) in [7, 11) is 0. The molecule has 1 heteroatoms. The first kappa shape index (κ1) is 11.0. The fraction of sp³-hybridized carbons (Fsp3) is 0.455. The normalized spacial score (nSPS) is 13.8. The molecular weight excluding hydrogens is 148 g/mol. The number of rotatable bonds is 3. The Labute approximate surface area is 75.1 Å². The molecule has 0 heterocycles. The molecular formula is C11H18O. The number of aliphatic hydroxyl groups excluding tert-OH is 1. The molecule has 0 amide bonds. The van der Waals surface area contributed by atoms with E-state index in [4.69, 9.17) is 0 Å². The lowest BCUT2D eigenvalue weighted by atomic mass is 9.99. The van der Waals surface area contributed by atoms with Crippen molar-refractivity contribution in [3.8, 4) is 0 Å². The molecule has 0 aromatic heterocycles. The summed E-state index contributed by atoms with van der Waals surface area (Å²) in [5.74, 6) is 0.654. The Hall–Kier alpha value is -0.980. The number of hydrogen-bond acceptors (Lipinski definition) is 1. The van der Waals surface area contributed by atoms with E-state index in [2.05, 4.69) is 20.4 Å². The molecule has 0 aliphatic heterocycles. The van der Waals surface area contributed by atoms with Gasteiger partial charge >= 0.3 is 0 Å². The summed E-state index contributed by atoms with van der Waals surface area (Å²) < 4.78 is 0. The molecule has 0 saturated heterocycles. The Bertz CT molecular complexity index is 219. The molecule has 68 valence electrons. The first-order valence-corrected chi connectivity index (χ1v) is 4.22. The third-order valence-electron chi connectivity index (χ3n) is 1.65. The van der Waals surface area contributed by atoms with Crippen molar-refractivity contribution < 1.29 is 5.11 Å². The zero-order chi connectivity index (χ0) is 9.72. The minimum atomic E-state index is 0.322. The van der Waals surface area contributed by atoms with Gasteiger partial charge in [0.15, 0.2) is 0 Å². The lowest BCUT2D eigenvalue weighted by molar-refractivity contribution is 0.411. The van der Waals surface area contributed by atoms with Gasteiger partial charge in [-0.05, 0) is 30.9 Å². The van der Waals surface area contributed by atoms with Gasteiger partial charge in [0.1, 0.15) is 5.76 Å². The minimum absolute atomic E-state index is 0.322. The van der Waals surface area contributed by atoms with Crippen molar-refractivity contribution in [2.75, 3.05) is 0 Å². The van der Waals surface area contributed by atoms with E-state index < -0.39 is 0 Å². The van der Waals surface area contributed by atoms with Gasteiger partial charge in [-0.3, -0.25) is 0 Å². The van der Waals surface area contributed by atoms with Crippen LogP contribution in [0.1, 0.15) is 27.7 Å². The van der Waals surface area contributed by atoms with Gasteiger partial charge in [-0.15, -0.1) is 0 Å². The second kappa shape index (κ2) is 4.81. The van der Waals surface area contributed by atoms with Crippen molar-refractivity contribution in [2.24, 2.45) is 5.92 Å². The highest BCUT2D eigenvalue weighted by atomic mass is 16.3. The third kappa shape index (κ3) is 2.95. The molecule has 0 atom stereocenters. The lowest BCUT2D eigenvalue weighted by Gasteiger charge is -2.09. The van der Waals surface area contributed by atoms with E-state index in [1.54, 1.807) is 6.92 Å². The average Bonchev–Trinajstić information content (AvgIpc) is 1.98. The van der Waals surface area contributed by atoms with Crippen LogP contribution in [0.15, 0.2) is 35.6 Å². The predicted octanol–water partition coefficient (Wildman–Crippen LogP) is 3.61. The highest BCUT2D eigenvalue weighted by molar-refractivity contribution is 5.33. The van der Waals surface area contributed by atoms with Crippen molar-refractivity contribution in [3.63, 3.8) is 0 Å². The van der Waals surface area contributed by atoms with Gasteiger partial charge < -0.3 is 5.11 Å². The summed E-state index contributed by atoms with van der Waals surface area (Å²) >= 11 is 0. The van der Waals surface area contributed by atoms with Gasteiger partial charge in [0, 0.05) is 0 Å². The third-order valence-corrected chi connectivity index (χ3v) is 1.65. The van der Waals surface area contributed by atoms with Crippen molar-refractivity contribution in [2.45, 2.75) is 27.7 Å². The van der Waals surface area contributed by atoms with E-state index in [9.17, 15) is 5.11 Å². The molecule has 0 aromatic rings. The van der Waals surface area contributed by atoms with E-state index in [0.29, 0.717) is 11.7 Å². The quantitative estimate of drug-likeness (QED) is 0.501. The SMILES string of the molecule is C=C(C)/C(O)=C(\C=C\C)C(C)C. The van der Waals surface area contributed by atoms with Gasteiger partial charge in [0.05, 0.1) is 0 Å². The molecule has 0 rings (SSSR count). The van der Waals surface area contributed by atoms with Gasteiger partial charge in [-0.1, -0.05) is 32.6 Å². The van der Waals surface area contributed by atoms with Crippen LogP contribution in [0.4, 0.5) is 0 Å². The lowest BCUT2D eigenvalue weighted by Crippen LogP contribution is -1.97. The monoisotopic (exact) mass is 166 g/mol. The molecule has 0 aliphatic rings. The number of hydrogen-bond donors (Lipinski definition) is 1. The van der Waals surface area contributed by atoms with Gasteiger partial charge in [-0.2, -0.15) is 0 Å². The van der Waals surface area contributed by atoms with Crippen molar-refractivity contribution in [1.82, 2.24) is 0 Å². The summed E-state index contributed by atoms with van der Waals surface area (Å²) in [6, 6.07) is 0. The van der Waals surface area contributed by atoms with E-state index in [0.717, 1.165) is 11.1 Å². The molecule has 0 saturated carbocycles. The Kier molecular flexibility index (Phi) is 4.42. The maximum Gasteiger partial charge on any atom is 0.121 e. The number of allylic oxidation sites excluding steroid dienone is 4. The van der Waals surface area contributed by atoms with Crippen LogP contribution in [0.25, 0.3) is 0 Å². The average molecular weight is 166 g/mol. The molecule has 12 heavy (non-hydrogen) atoms. The molecule has 0 aliphatic carbocycles. The predicted molar refractivity (Wildman–Crippen MR) is 54.1 cm³/mol. The Morgan fingerprint density at radius 2 is 1.92 bits per heavy atom. The minimum Gasteiger partial charge on any atom is -0.507 e. The topological polar surface area (TPSA) is 20.2 Å². The second-order valence-electron chi connectivity index (χ2n) is 3.24. The van der Waals surface area contributed by atoms with Gasteiger partial charge in [0.2, 0.25) is 0 Å². The summed E-state index contributed by atoms with van der Waals surface area (Å²) in [6.45, 7) is 11.5. The Balaban J connectivity index is 4.93. The van der Waals surface area contributed by atoms with E-state index in [1.807, 2.05) is 19.1 Å². The fourth-order valence-electron chi connectivity index (χ4n) is 0.971.